The molecule has 0 radical (unpaired) electrons. The largest absolute Gasteiger partial charge is 0.394 e. The van der Waals surface area contributed by atoms with Gasteiger partial charge in [0.2, 0.25) is 0 Å². The average Bonchev–Trinajstić information content (AvgIpc) is 2.98. The molecular formula is C17H23FN4O2. The number of halogens is 1. The molecule has 130 valence electrons. The Morgan fingerprint density at radius 1 is 1.42 bits per heavy atom. The molecule has 3 N–H and O–H groups in total. The number of aliphatic hydroxyl groups excluding tert-OH is 1. The molecule has 1 aromatic carbocycles. The summed E-state index contributed by atoms with van der Waals surface area (Å²) in [5.74, 6) is -0.411. The van der Waals surface area contributed by atoms with Crippen LogP contribution in [0.15, 0.2) is 30.6 Å². The fourth-order valence-corrected chi connectivity index (χ4v) is 2.31. The summed E-state index contributed by atoms with van der Waals surface area (Å²) in [4.78, 5) is 11.9. The van der Waals surface area contributed by atoms with Crippen molar-refractivity contribution in [2.45, 2.75) is 39.3 Å². The van der Waals surface area contributed by atoms with Gasteiger partial charge in [-0.3, -0.25) is 0 Å². The average molecular weight is 334 g/mol. The summed E-state index contributed by atoms with van der Waals surface area (Å²) >= 11 is 0. The lowest BCUT2D eigenvalue weighted by molar-refractivity contribution is 0.212. The summed E-state index contributed by atoms with van der Waals surface area (Å²) in [7, 11) is 0. The van der Waals surface area contributed by atoms with Gasteiger partial charge in [0.15, 0.2) is 0 Å². The molecule has 2 amide bonds. The van der Waals surface area contributed by atoms with E-state index in [9.17, 15) is 9.18 Å². The van der Waals surface area contributed by atoms with E-state index < -0.39 is 11.8 Å². The predicted octanol–water partition coefficient (Wildman–Crippen LogP) is 2.45. The summed E-state index contributed by atoms with van der Waals surface area (Å²) in [5, 5.41) is 18.6. The molecular weight excluding hydrogens is 311 g/mol. The van der Waals surface area contributed by atoms with Crippen LogP contribution in [0, 0.1) is 12.7 Å². The maximum Gasteiger partial charge on any atom is 0.315 e. The number of aromatic nitrogens is 2. The number of hydrogen-bond donors (Lipinski definition) is 3. The summed E-state index contributed by atoms with van der Waals surface area (Å²) in [6, 6.07) is 3.72. The van der Waals surface area contributed by atoms with E-state index in [1.165, 1.54) is 10.7 Å². The van der Waals surface area contributed by atoms with Gasteiger partial charge in [-0.15, -0.1) is 0 Å². The fraction of sp³-hybridized carbons (Fsp3) is 0.412. The van der Waals surface area contributed by atoms with Crippen molar-refractivity contribution in [2.75, 3.05) is 6.61 Å². The minimum atomic E-state index is -0.411. The Morgan fingerprint density at radius 2 is 2.17 bits per heavy atom. The van der Waals surface area contributed by atoms with Crippen LogP contribution >= 0.6 is 0 Å². The van der Waals surface area contributed by atoms with Crippen LogP contribution in [0.1, 0.15) is 37.4 Å². The number of nitrogens with one attached hydrogen (secondary N) is 2. The summed E-state index contributed by atoms with van der Waals surface area (Å²) in [6.07, 6.45) is 4.03. The van der Waals surface area contributed by atoms with Crippen LogP contribution in [-0.4, -0.2) is 33.6 Å². The molecule has 0 aliphatic rings. The van der Waals surface area contributed by atoms with E-state index >= 15 is 0 Å². The molecule has 2 unspecified atom stereocenters. The fourth-order valence-electron chi connectivity index (χ4n) is 2.31. The first-order valence-electron chi connectivity index (χ1n) is 7.93. The molecule has 2 rings (SSSR count). The molecule has 0 saturated heterocycles. The van der Waals surface area contributed by atoms with Crippen molar-refractivity contribution in [1.29, 1.82) is 0 Å². The van der Waals surface area contributed by atoms with E-state index in [1.807, 2.05) is 13.8 Å². The van der Waals surface area contributed by atoms with Gasteiger partial charge in [0, 0.05) is 6.20 Å². The highest BCUT2D eigenvalue weighted by Crippen LogP contribution is 2.19. The smallest absolute Gasteiger partial charge is 0.315 e. The first kappa shape index (κ1) is 17.9. The molecule has 0 spiro atoms. The first-order valence-corrected chi connectivity index (χ1v) is 7.93. The van der Waals surface area contributed by atoms with E-state index in [4.69, 9.17) is 5.11 Å². The van der Waals surface area contributed by atoms with Crippen molar-refractivity contribution in [1.82, 2.24) is 20.4 Å². The van der Waals surface area contributed by atoms with Crippen molar-refractivity contribution >= 4 is 6.03 Å². The van der Waals surface area contributed by atoms with Gasteiger partial charge >= 0.3 is 6.03 Å². The number of hydrogen-bond acceptors (Lipinski definition) is 3. The third kappa shape index (κ3) is 4.32. The van der Waals surface area contributed by atoms with Gasteiger partial charge in [0.25, 0.3) is 0 Å². The third-order valence-corrected chi connectivity index (χ3v) is 3.83. The Morgan fingerprint density at radius 3 is 2.71 bits per heavy atom. The molecule has 2 aromatic rings. The van der Waals surface area contributed by atoms with E-state index in [0.717, 1.165) is 5.56 Å². The normalized spacial score (nSPS) is 13.4. The van der Waals surface area contributed by atoms with Crippen molar-refractivity contribution in [3.63, 3.8) is 0 Å². The molecule has 7 heteroatoms. The maximum absolute atomic E-state index is 14.3. The number of urea groups is 1. The van der Waals surface area contributed by atoms with Crippen molar-refractivity contribution in [2.24, 2.45) is 0 Å². The first-order chi connectivity index (χ1) is 11.4. The molecule has 24 heavy (non-hydrogen) atoms. The lowest BCUT2D eigenvalue weighted by atomic mass is 10.1. The monoisotopic (exact) mass is 334 g/mol. The second kappa shape index (κ2) is 7.92. The van der Waals surface area contributed by atoms with E-state index in [0.29, 0.717) is 17.7 Å². The van der Waals surface area contributed by atoms with Crippen LogP contribution in [0.5, 0.6) is 0 Å². The highest BCUT2D eigenvalue weighted by Gasteiger charge is 2.15. The summed E-state index contributed by atoms with van der Waals surface area (Å²) < 4.78 is 15.8. The standard InChI is InChI=1S/C17H23FN4O2/c1-4-14(10-23)21-17(24)20-12(3)13-5-6-16(15(18)7-13)22-9-11(2)8-19-22/h5-9,12,14,23H,4,10H2,1-3H3,(H2,20,21,24). The predicted molar refractivity (Wildman–Crippen MR) is 89.5 cm³/mol. The second-order valence-electron chi connectivity index (χ2n) is 5.80. The molecule has 0 aliphatic carbocycles. The van der Waals surface area contributed by atoms with Crippen LogP contribution < -0.4 is 10.6 Å². The number of nitrogens with zero attached hydrogens (tertiary/aromatic N) is 2. The Hall–Kier alpha value is -2.41. The van der Waals surface area contributed by atoms with Gasteiger partial charge in [-0.05, 0) is 43.5 Å². The summed E-state index contributed by atoms with van der Waals surface area (Å²) in [6.45, 7) is 5.41. The number of carbonyl (C=O) groups is 1. The van der Waals surface area contributed by atoms with Crippen LogP contribution in [0.2, 0.25) is 0 Å². The van der Waals surface area contributed by atoms with E-state index in [1.54, 1.807) is 31.5 Å². The number of aliphatic hydroxyl groups is 1. The van der Waals surface area contributed by atoms with Gasteiger partial charge < -0.3 is 15.7 Å². The molecule has 1 aromatic heterocycles. The topological polar surface area (TPSA) is 79.2 Å². The van der Waals surface area contributed by atoms with Crippen molar-refractivity contribution in [3.05, 3.63) is 47.5 Å². The molecule has 0 bridgehead atoms. The minimum Gasteiger partial charge on any atom is -0.394 e. The highest BCUT2D eigenvalue weighted by atomic mass is 19.1. The van der Waals surface area contributed by atoms with Gasteiger partial charge in [-0.2, -0.15) is 5.10 Å². The zero-order chi connectivity index (χ0) is 17.7. The van der Waals surface area contributed by atoms with E-state index in [-0.39, 0.29) is 18.7 Å². The zero-order valence-corrected chi connectivity index (χ0v) is 14.1. The molecule has 0 fully saturated rings. The molecule has 2 atom stereocenters. The number of carbonyl (C=O) groups excluding carboxylic acids is 1. The Balaban J connectivity index is 2.06. The number of benzene rings is 1. The Kier molecular flexibility index (Phi) is 5.92. The third-order valence-electron chi connectivity index (χ3n) is 3.83. The maximum atomic E-state index is 14.3. The molecule has 0 saturated carbocycles. The van der Waals surface area contributed by atoms with Crippen LogP contribution in [0.4, 0.5) is 9.18 Å². The number of amides is 2. The Bertz CT molecular complexity index is 698. The quantitative estimate of drug-likeness (QED) is 0.759. The molecule has 6 nitrogen and oxygen atoms in total. The lowest BCUT2D eigenvalue weighted by Gasteiger charge is -2.19. The number of aryl methyl sites for hydroxylation is 1. The second-order valence-corrected chi connectivity index (χ2v) is 5.80. The lowest BCUT2D eigenvalue weighted by Crippen LogP contribution is -2.44. The van der Waals surface area contributed by atoms with E-state index in [2.05, 4.69) is 15.7 Å². The zero-order valence-electron chi connectivity index (χ0n) is 14.1. The minimum absolute atomic E-state index is 0.120. The van der Waals surface area contributed by atoms with Crippen molar-refractivity contribution in [3.8, 4) is 5.69 Å². The van der Waals surface area contributed by atoms with Gasteiger partial charge in [0.05, 0.1) is 24.9 Å². The van der Waals surface area contributed by atoms with Crippen LogP contribution in [-0.2, 0) is 0 Å². The van der Waals surface area contributed by atoms with Gasteiger partial charge in [-0.25, -0.2) is 13.9 Å². The van der Waals surface area contributed by atoms with Gasteiger partial charge in [-0.1, -0.05) is 13.0 Å². The van der Waals surface area contributed by atoms with Crippen molar-refractivity contribution < 1.29 is 14.3 Å². The molecule has 0 aliphatic heterocycles. The summed E-state index contributed by atoms with van der Waals surface area (Å²) in [5.41, 5.74) is 1.95. The van der Waals surface area contributed by atoms with Gasteiger partial charge in [0.1, 0.15) is 11.5 Å². The highest BCUT2D eigenvalue weighted by molar-refractivity contribution is 5.74. The SMILES string of the molecule is CCC(CO)NC(=O)NC(C)c1ccc(-n2cc(C)cn2)c(F)c1. The Labute approximate surface area is 140 Å². The number of rotatable bonds is 6. The van der Waals surface area contributed by atoms with Crippen LogP contribution in [0.25, 0.3) is 5.69 Å². The van der Waals surface area contributed by atoms with Crippen LogP contribution in [0.3, 0.4) is 0 Å². The molecule has 1 heterocycles.